The minimum atomic E-state index is -0.0461. The summed E-state index contributed by atoms with van der Waals surface area (Å²) in [4.78, 5) is 7.39. The van der Waals surface area contributed by atoms with Crippen LogP contribution in [0.3, 0.4) is 0 Å². The number of rotatable bonds is 2. The molecule has 2 aromatic rings. The molecule has 2 saturated carbocycles. The van der Waals surface area contributed by atoms with E-state index in [2.05, 4.69) is 53.2 Å². The van der Waals surface area contributed by atoms with Crippen LogP contribution in [0.15, 0.2) is 60.0 Å². The first-order chi connectivity index (χ1) is 18.1. The van der Waals surface area contributed by atoms with Crippen molar-refractivity contribution in [3.63, 3.8) is 0 Å². The van der Waals surface area contributed by atoms with Gasteiger partial charge in [-0.15, -0.1) is 0 Å². The van der Waals surface area contributed by atoms with Crippen LogP contribution in [-0.4, -0.2) is 39.2 Å². The van der Waals surface area contributed by atoms with Crippen LogP contribution in [0.2, 0.25) is 0 Å². The van der Waals surface area contributed by atoms with E-state index in [-0.39, 0.29) is 16.6 Å². The molecular formula is C34H40N2O. The molecule has 9 rings (SSSR count). The SMILES string of the molecule is C[C@]12CC=C3C=C4CC[C@H](N5C6CCC5CC6)C[C@]45CC[C@]3(O5)[C@@H]1CCC2c1ccc2ccncc2c1. The second kappa shape index (κ2) is 7.36. The highest BCUT2D eigenvalue weighted by Gasteiger charge is 2.67. The van der Waals surface area contributed by atoms with Crippen molar-refractivity contribution in [2.24, 2.45) is 11.3 Å². The number of hydrogen-bond donors (Lipinski definition) is 0. The van der Waals surface area contributed by atoms with Crippen LogP contribution in [0.1, 0.15) is 95.5 Å². The van der Waals surface area contributed by atoms with Gasteiger partial charge in [0.2, 0.25) is 0 Å². The van der Waals surface area contributed by atoms with E-state index in [9.17, 15) is 0 Å². The number of ether oxygens (including phenoxy) is 1. The minimum absolute atomic E-state index is 0.0211. The average Bonchev–Trinajstić information content (AvgIpc) is 3.68. The highest BCUT2D eigenvalue weighted by Crippen LogP contribution is 2.69. The molecule has 4 bridgehead atoms. The maximum Gasteiger partial charge on any atom is 0.0974 e. The summed E-state index contributed by atoms with van der Waals surface area (Å²) in [6.07, 6.45) is 25.1. The molecule has 5 fully saturated rings. The standard InChI is InChI=1S/C34H40N2O/c1-32-14-12-26-19-25-4-5-29(36-27-6-7-28(36)9-8-27)20-33(25)15-16-34(26,37-33)31(32)11-10-30(32)23-3-2-22-13-17-35-21-24(22)18-23/h2-3,12-13,17-19,21,27-31H,4-11,14-16,20H2,1H3/t27?,28?,29-,30?,31+,32+,33+,34+/m0/s1. The Kier molecular flexibility index (Phi) is 4.36. The smallest absolute Gasteiger partial charge is 0.0974 e. The minimum Gasteiger partial charge on any atom is -0.359 e. The third-order valence-electron chi connectivity index (χ3n) is 12.7. The molecule has 3 nitrogen and oxygen atoms in total. The van der Waals surface area contributed by atoms with E-state index in [4.69, 9.17) is 4.74 Å². The van der Waals surface area contributed by atoms with Gasteiger partial charge in [0.25, 0.3) is 0 Å². The second-order valence-electron chi connectivity index (χ2n) is 14.0. The lowest BCUT2D eigenvalue weighted by Crippen LogP contribution is -2.55. The largest absolute Gasteiger partial charge is 0.359 e. The topological polar surface area (TPSA) is 25.4 Å². The first-order valence-corrected chi connectivity index (χ1v) is 15.3. The first kappa shape index (κ1) is 21.9. The molecule has 0 amide bonds. The zero-order chi connectivity index (χ0) is 24.4. The number of fused-ring (bicyclic) bond motifs is 4. The fourth-order valence-electron chi connectivity index (χ4n) is 11.1. The van der Waals surface area contributed by atoms with Crippen LogP contribution in [0.5, 0.6) is 0 Å². The molecule has 0 radical (unpaired) electrons. The molecule has 3 saturated heterocycles. The number of pyridine rings is 1. The molecule has 1 unspecified atom stereocenters. The summed E-state index contributed by atoms with van der Waals surface area (Å²) in [5.41, 5.74) is 4.96. The quantitative estimate of drug-likeness (QED) is 0.435. The van der Waals surface area contributed by atoms with Crippen LogP contribution < -0.4 is 0 Å². The van der Waals surface area contributed by atoms with E-state index >= 15 is 0 Å². The summed E-state index contributed by atoms with van der Waals surface area (Å²) in [7, 11) is 0. The van der Waals surface area contributed by atoms with Gasteiger partial charge in [0, 0.05) is 35.9 Å². The van der Waals surface area contributed by atoms with Gasteiger partial charge < -0.3 is 4.74 Å². The van der Waals surface area contributed by atoms with Gasteiger partial charge >= 0.3 is 0 Å². The molecule has 3 heteroatoms. The van der Waals surface area contributed by atoms with Crippen molar-refractivity contribution >= 4 is 10.8 Å². The van der Waals surface area contributed by atoms with Crippen molar-refractivity contribution in [1.29, 1.82) is 0 Å². The van der Waals surface area contributed by atoms with Gasteiger partial charge in [0.15, 0.2) is 0 Å². The Morgan fingerprint density at radius 1 is 0.919 bits per heavy atom. The van der Waals surface area contributed by atoms with Gasteiger partial charge in [-0.2, -0.15) is 0 Å². The lowest BCUT2D eigenvalue weighted by Gasteiger charge is -2.55. The fourth-order valence-corrected chi connectivity index (χ4v) is 11.1. The zero-order valence-corrected chi connectivity index (χ0v) is 22.3. The van der Waals surface area contributed by atoms with E-state index in [1.807, 2.05) is 12.4 Å². The Bertz CT molecular complexity index is 1340. The lowest BCUT2D eigenvalue weighted by atomic mass is 9.58. The number of aromatic nitrogens is 1. The van der Waals surface area contributed by atoms with Crippen LogP contribution in [0.4, 0.5) is 0 Å². The fraction of sp³-hybridized carbons (Fsp3) is 0.618. The van der Waals surface area contributed by atoms with Gasteiger partial charge in [0.1, 0.15) is 0 Å². The van der Waals surface area contributed by atoms with Crippen LogP contribution >= 0.6 is 0 Å². The Hall–Kier alpha value is -1.97. The number of nitrogens with zero attached hydrogens (tertiary/aromatic N) is 2. The molecule has 7 aliphatic rings. The van der Waals surface area contributed by atoms with Gasteiger partial charge in [0.05, 0.1) is 11.2 Å². The monoisotopic (exact) mass is 492 g/mol. The molecular weight excluding hydrogens is 452 g/mol. The van der Waals surface area contributed by atoms with Crippen LogP contribution in [-0.2, 0) is 4.74 Å². The summed E-state index contributed by atoms with van der Waals surface area (Å²) < 4.78 is 7.62. The summed E-state index contributed by atoms with van der Waals surface area (Å²) in [5, 5.41) is 2.58. The van der Waals surface area contributed by atoms with E-state index in [0.29, 0.717) is 11.8 Å². The molecule has 4 aliphatic heterocycles. The average molecular weight is 493 g/mol. The maximum absolute atomic E-state index is 7.62. The lowest BCUT2D eigenvalue weighted by molar-refractivity contribution is -0.141. The maximum atomic E-state index is 7.62. The van der Waals surface area contributed by atoms with E-state index in [1.54, 1.807) is 11.1 Å². The molecule has 1 aromatic heterocycles. The Balaban J connectivity index is 1.06. The Morgan fingerprint density at radius 2 is 1.78 bits per heavy atom. The van der Waals surface area contributed by atoms with Crippen LogP contribution in [0, 0.1) is 11.3 Å². The first-order valence-electron chi connectivity index (χ1n) is 15.3. The van der Waals surface area contributed by atoms with Crippen molar-refractivity contribution in [3.05, 3.63) is 65.5 Å². The van der Waals surface area contributed by atoms with Crippen molar-refractivity contribution < 1.29 is 4.74 Å². The van der Waals surface area contributed by atoms with Crippen molar-refractivity contribution in [2.75, 3.05) is 0 Å². The van der Waals surface area contributed by atoms with Gasteiger partial charge in [-0.25, -0.2) is 0 Å². The summed E-state index contributed by atoms with van der Waals surface area (Å²) in [6.45, 7) is 2.60. The highest BCUT2D eigenvalue weighted by atomic mass is 16.5. The molecule has 0 N–H and O–H groups in total. The Morgan fingerprint density at radius 3 is 2.65 bits per heavy atom. The summed E-state index contributed by atoms with van der Waals surface area (Å²) >= 11 is 0. The number of allylic oxidation sites excluding steroid dienone is 1. The molecule has 1 aromatic carbocycles. The summed E-state index contributed by atoms with van der Waals surface area (Å²) in [5.74, 6) is 1.22. The van der Waals surface area contributed by atoms with Crippen molar-refractivity contribution in [2.45, 2.75) is 119 Å². The predicted octanol–water partition coefficient (Wildman–Crippen LogP) is 7.47. The molecule has 3 aliphatic carbocycles. The normalized spacial score (nSPS) is 45.9. The second-order valence-corrected chi connectivity index (χ2v) is 14.0. The number of hydrogen-bond acceptors (Lipinski definition) is 3. The zero-order valence-electron chi connectivity index (χ0n) is 22.3. The molecule has 6 atom stereocenters. The van der Waals surface area contributed by atoms with E-state index in [1.165, 1.54) is 93.4 Å². The van der Waals surface area contributed by atoms with Crippen molar-refractivity contribution in [3.8, 4) is 0 Å². The van der Waals surface area contributed by atoms with Crippen LogP contribution in [0.25, 0.3) is 10.8 Å². The molecule has 37 heavy (non-hydrogen) atoms. The molecule has 5 heterocycles. The third-order valence-corrected chi connectivity index (χ3v) is 12.7. The van der Waals surface area contributed by atoms with E-state index in [0.717, 1.165) is 18.1 Å². The molecule has 2 spiro atoms. The van der Waals surface area contributed by atoms with Gasteiger partial charge in [-0.3, -0.25) is 9.88 Å². The molecule has 192 valence electrons. The van der Waals surface area contributed by atoms with Gasteiger partial charge in [-0.1, -0.05) is 31.2 Å². The van der Waals surface area contributed by atoms with Crippen molar-refractivity contribution in [1.82, 2.24) is 9.88 Å². The number of benzene rings is 1. The highest BCUT2D eigenvalue weighted by molar-refractivity contribution is 5.82. The summed E-state index contributed by atoms with van der Waals surface area (Å²) in [6, 6.07) is 11.8. The Labute approximate surface area is 221 Å². The third kappa shape index (κ3) is 2.78. The van der Waals surface area contributed by atoms with Gasteiger partial charge in [-0.05, 0) is 129 Å². The van der Waals surface area contributed by atoms with E-state index < -0.39 is 0 Å². The predicted molar refractivity (Wildman–Crippen MR) is 147 cm³/mol.